The second-order valence-electron chi connectivity index (χ2n) is 6.88. The number of nitrogens with one attached hydrogen (secondary N) is 1. The van der Waals surface area contributed by atoms with Crippen molar-refractivity contribution in [3.05, 3.63) is 0 Å². The molecule has 5 heteroatoms. The predicted molar refractivity (Wildman–Crippen MR) is 85.1 cm³/mol. The van der Waals surface area contributed by atoms with Gasteiger partial charge in [0.1, 0.15) is 0 Å². The Hall–Kier alpha value is -0.320. The van der Waals surface area contributed by atoms with E-state index >= 15 is 0 Å². The maximum atomic E-state index is 12.4. The summed E-state index contributed by atoms with van der Waals surface area (Å²) in [7, 11) is 1.70. The minimum absolute atomic E-state index is 0. The molecule has 3 atom stereocenters. The van der Waals surface area contributed by atoms with Crippen molar-refractivity contribution in [2.24, 2.45) is 11.7 Å². The Balaban J connectivity index is 0.00000361. The molecule has 0 heterocycles. The van der Waals surface area contributed by atoms with Crippen molar-refractivity contribution >= 4 is 18.3 Å². The molecule has 0 radical (unpaired) electrons. The summed E-state index contributed by atoms with van der Waals surface area (Å²) in [6.07, 6.45) is 4.86. The molecule has 0 bridgehead atoms. The Kier molecular flexibility index (Phi) is 7.50. The molecule has 1 fully saturated rings. The normalized spacial score (nSPS) is 28.4. The van der Waals surface area contributed by atoms with Crippen LogP contribution in [-0.2, 0) is 9.53 Å². The highest BCUT2D eigenvalue weighted by Gasteiger charge is 2.38. The van der Waals surface area contributed by atoms with Gasteiger partial charge < -0.3 is 15.8 Å². The molecule has 1 aliphatic carbocycles. The van der Waals surface area contributed by atoms with E-state index in [2.05, 4.69) is 5.32 Å². The van der Waals surface area contributed by atoms with E-state index in [-0.39, 0.29) is 41.4 Å². The SMILES string of the molecule is COC(C)(C)CC(C)NC(=O)C1CCCCC1(C)N.Cl. The fourth-order valence-electron chi connectivity index (χ4n) is 3.00. The first-order valence-electron chi connectivity index (χ1n) is 7.32. The minimum Gasteiger partial charge on any atom is -0.379 e. The number of carbonyl (C=O) groups excluding carboxylic acids is 1. The van der Waals surface area contributed by atoms with E-state index in [1.54, 1.807) is 7.11 Å². The van der Waals surface area contributed by atoms with Gasteiger partial charge in [0.05, 0.1) is 11.5 Å². The third kappa shape index (κ3) is 5.58. The summed E-state index contributed by atoms with van der Waals surface area (Å²) in [6, 6.07) is 0.0974. The second-order valence-corrected chi connectivity index (χ2v) is 6.88. The number of hydrogen-bond donors (Lipinski definition) is 2. The van der Waals surface area contributed by atoms with Crippen LogP contribution in [-0.4, -0.2) is 30.2 Å². The molecule has 1 rings (SSSR count). The molecule has 1 saturated carbocycles. The molecule has 120 valence electrons. The fraction of sp³-hybridized carbons (Fsp3) is 0.933. The number of methoxy groups -OCH3 is 1. The number of carbonyl (C=O) groups is 1. The lowest BCUT2D eigenvalue weighted by Gasteiger charge is -2.38. The number of nitrogens with two attached hydrogens (primary N) is 1. The van der Waals surface area contributed by atoms with Crippen LogP contribution >= 0.6 is 12.4 Å². The van der Waals surface area contributed by atoms with E-state index in [0.29, 0.717) is 0 Å². The van der Waals surface area contributed by atoms with Gasteiger partial charge in [0.15, 0.2) is 0 Å². The summed E-state index contributed by atoms with van der Waals surface area (Å²) in [6.45, 7) is 8.09. The lowest BCUT2D eigenvalue weighted by molar-refractivity contribution is -0.129. The topological polar surface area (TPSA) is 64.3 Å². The first-order valence-corrected chi connectivity index (χ1v) is 7.32. The quantitative estimate of drug-likeness (QED) is 0.820. The first kappa shape index (κ1) is 19.7. The molecule has 0 aromatic rings. The molecule has 3 N–H and O–H groups in total. The molecule has 0 aromatic heterocycles. The molecule has 1 aliphatic rings. The standard InChI is InChI=1S/C15H30N2O2.ClH/c1-11(10-14(2,3)19-5)17-13(18)12-8-6-7-9-15(12,4)16;/h11-12H,6-10,16H2,1-5H3,(H,17,18);1H. The van der Waals surface area contributed by atoms with Gasteiger partial charge in [-0.25, -0.2) is 0 Å². The van der Waals surface area contributed by atoms with Crippen LogP contribution in [0.15, 0.2) is 0 Å². The van der Waals surface area contributed by atoms with Crippen molar-refractivity contribution in [2.75, 3.05) is 7.11 Å². The number of amides is 1. The van der Waals surface area contributed by atoms with Crippen LogP contribution < -0.4 is 11.1 Å². The first-order chi connectivity index (χ1) is 8.68. The summed E-state index contributed by atoms with van der Waals surface area (Å²) in [5.41, 5.74) is 5.69. The Morgan fingerprint density at radius 2 is 2.10 bits per heavy atom. The van der Waals surface area contributed by atoms with Crippen molar-refractivity contribution in [2.45, 2.75) is 77.0 Å². The average molecular weight is 307 g/mol. The second kappa shape index (κ2) is 7.62. The highest BCUT2D eigenvalue weighted by atomic mass is 35.5. The monoisotopic (exact) mass is 306 g/mol. The van der Waals surface area contributed by atoms with Crippen LogP contribution in [0, 0.1) is 5.92 Å². The zero-order valence-corrected chi connectivity index (χ0v) is 14.3. The molecule has 0 spiro atoms. The third-order valence-electron chi connectivity index (χ3n) is 4.31. The van der Waals surface area contributed by atoms with Gasteiger partial charge >= 0.3 is 0 Å². The van der Waals surface area contributed by atoms with Crippen LogP contribution in [0.2, 0.25) is 0 Å². The van der Waals surface area contributed by atoms with Crippen LogP contribution in [0.4, 0.5) is 0 Å². The minimum atomic E-state index is -0.362. The number of rotatable bonds is 5. The van der Waals surface area contributed by atoms with Gasteiger partial charge in [-0.2, -0.15) is 0 Å². The summed E-state index contributed by atoms with van der Waals surface area (Å²) < 4.78 is 5.40. The zero-order chi connectivity index (χ0) is 14.7. The Morgan fingerprint density at radius 1 is 1.50 bits per heavy atom. The maximum Gasteiger partial charge on any atom is 0.225 e. The van der Waals surface area contributed by atoms with Crippen molar-refractivity contribution in [3.63, 3.8) is 0 Å². The molecule has 4 nitrogen and oxygen atoms in total. The summed E-state index contributed by atoms with van der Waals surface area (Å²) in [4.78, 5) is 12.4. The van der Waals surface area contributed by atoms with Crippen LogP contribution in [0.25, 0.3) is 0 Å². The van der Waals surface area contributed by atoms with E-state index < -0.39 is 0 Å². The van der Waals surface area contributed by atoms with Gasteiger partial charge in [0.25, 0.3) is 0 Å². The molecule has 0 aliphatic heterocycles. The van der Waals surface area contributed by atoms with Gasteiger partial charge in [-0.3, -0.25) is 4.79 Å². The Bertz CT molecular complexity index is 319. The maximum absolute atomic E-state index is 12.4. The number of halogens is 1. The highest BCUT2D eigenvalue weighted by molar-refractivity contribution is 5.85. The molecule has 3 unspecified atom stereocenters. The van der Waals surface area contributed by atoms with E-state index in [1.807, 2.05) is 27.7 Å². The largest absolute Gasteiger partial charge is 0.379 e. The van der Waals surface area contributed by atoms with E-state index in [0.717, 1.165) is 32.1 Å². The third-order valence-corrected chi connectivity index (χ3v) is 4.31. The van der Waals surface area contributed by atoms with Crippen LogP contribution in [0.1, 0.15) is 59.8 Å². The highest BCUT2D eigenvalue weighted by Crippen LogP contribution is 2.31. The lowest BCUT2D eigenvalue weighted by atomic mass is 9.74. The van der Waals surface area contributed by atoms with Gasteiger partial charge in [0.2, 0.25) is 5.91 Å². The summed E-state index contributed by atoms with van der Waals surface area (Å²) in [5.74, 6) is 0.0402. The molecular weight excluding hydrogens is 276 g/mol. The summed E-state index contributed by atoms with van der Waals surface area (Å²) >= 11 is 0. The van der Waals surface area contributed by atoms with Gasteiger partial charge in [-0.15, -0.1) is 12.4 Å². The molecular formula is C15H31ClN2O2. The molecule has 20 heavy (non-hydrogen) atoms. The molecule has 1 amide bonds. The van der Waals surface area contributed by atoms with Crippen LogP contribution in [0.5, 0.6) is 0 Å². The van der Waals surface area contributed by atoms with Gasteiger partial charge in [-0.1, -0.05) is 12.8 Å². The zero-order valence-electron chi connectivity index (χ0n) is 13.5. The van der Waals surface area contributed by atoms with E-state index in [4.69, 9.17) is 10.5 Å². The van der Waals surface area contributed by atoms with Gasteiger partial charge in [0, 0.05) is 18.7 Å². The van der Waals surface area contributed by atoms with Crippen molar-refractivity contribution < 1.29 is 9.53 Å². The predicted octanol–water partition coefficient (Wildman–Crippen LogP) is 2.64. The molecule has 0 aromatic carbocycles. The number of ether oxygens (including phenoxy) is 1. The lowest BCUT2D eigenvalue weighted by Crippen LogP contribution is -2.54. The Labute approximate surface area is 129 Å². The van der Waals surface area contributed by atoms with Crippen LogP contribution in [0.3, 0.4) is 0 Å². The average Bonchev–Trinajstić information content (AvgIpc) is 2.27. The fourth-order valence-corrected chi connectivity index (χ4v) is 3.00. The van der Waals surface area contributed by atoms with Crippen molar-refractivity contribution in [3.8, 4) is 0 Å². The van der Waals surface area contributed by atoms with E-state index in [9.17, 15) is 4.79 Å². The van der Waals surface area contributed by atoms with Crippen molar-refractivity contribution in [1.82, 2.24) is 5.32 Å². The summed E-state index contributed by atoms with van der Waals surface area (Å²) in [5, 5.41) is 3.10. The smallest absolute Gasteiger partial charge is 0.225 e. The van der Waals surface area contributed by atoms with Gasteiger partial charge in [-0.05, 0) is 47.0 Å². The Morgan fingerprint density at radius 3 is 2.60 bits per heavy atom. The van der Waals surface area contributed by atoms with Crippen molar-refractivity contribution in [1.29, 1.82) is 0 Å². The molecule has 0 saturated heterocycles. The van der Waals surface area contributed by atoms with E-state index in [1.165, 1.54) is 0 Å². The number of hydrogen-bond acceptors (Lipinski definition) is 3.